The largest absolute Gasteiger partial charge is 0.454 e. The van der Waals surface area contributed by atoms with Gasteiger partial charge in [0, 0.05) is 23.3 Å². The van der Waals surface area contributed by atoms with E-state index in [1.165, 1.54) is 0 Å². The lowest BCUT2D eigenvalue weighted by Crippen LogP contribution is -2.27. The highest BCUT2D eigenvalue weighted by Gasteiger charge is 2.13. The zero-order chi connectivity index (χ0) is 14.7. The monoisotopic (exact) mass is 320 g/mol. The lowest BCUT2D eigenvalue weighted by Gasteiger charge is -2.11. The molecule has 6 heteroatoms. The SMILES string of the molecule is S=C(NCc1ccc(Cl)cc1)Nc1ccc2c(c1)OCO2. The molecular weight excluding hydrogens is 308 g/mol. The van der Waals surface area contributed by atoms with Crippen LogP contribution in [-0.4, -0.2) is 11.9 Å². The lowest BCUT2D eigenvalue weighted by atomic mass is 10.2. The number of hydrogen-bond donors (Lipinski definition) is 2. The van der Waals surface area contributed by atoms with Crippen LogP contribution < -0.4 is 20.1 Å². The van der Waals surface area contributed by atoms with Gasteiger partial charge < -0.3 is 20.1 Å². The van der Waals surface area contributed by atoms with Crippen molar-refractivity contribution in [3.8, 4) is 11.5 Å². The van der Waals surface area contributed by atoms with Crippen molar-refractivity contribution >= 4 is 34.6 Å². The van der Waals surface area contributed by atoms with Crippen LogP contribution >= 0.6 is 23.8 Å². The summed E-state index contributed by atoms with van der Waals surface area (Å²) in [6, 6.07) is 13.2. The molecule has 1 aliphatic heterocycles. The van der Waals surface area contributed by atoms with Gasteiger partial charge in [-0.3, -0.25) is 0 Å². The smallest absolute Gasteiger partial charge is 0.231 e. The van der Waals surface area contributed by atoms with Gasteiger partial charge in [0.15, 0.2) is 16.6 Å². The van der Waals surface area contributed by atoms with E-state index in [-0.39, 0.29) is 6.79 Å². The topological polar surface area (TPSA) is 42.5 Å². The lowest BCUT2D eigenvalue weighted by molar-refractivity contribution is 0.174. The van der Waals surface area contributed by atoms with Crippen LogP contribution in [0.25, 0.3) is 0 Å². The number of halogens is 1. The van der Waals surface area contributed by atoms with Crippen molar-refractivity contribution in [3.05, 3.63) is 53.1 Å². The molecule has 3 rings (SSSR count). The molecule has 2 N–H and O–H groups in total. The maximum absolute atomic E-state index is 5.85. The van der Waals surface area contributed by atoms with E-state index < -0.39 is 0 Å². The summed E-state index contributed by atoms with van der Waals surface area (Å²) in [5, 5.41) is 7.52. The Morgan fingerprint density at radius 3 is 2.67 bits per heavy atom. The molecule has 0 bridgehead atoms. The Bertz CT molecular complexity index is 661. The van der Waals surface area contributed by atoms with Gasteiger partial charge in [-0.05, 0) is 42.0 Å². The maximum Gasteiger partial charge on any atom is 0.231 e. The fraction of sp³-hybridized carbons (Fsp3) is 0.133. The molecule has 2 aromatic carbocycles. The molecule has 4 nitrogen and oxygen atoms in total. The minimum absolute atomic E-state index is 0.262. The summed E-state index contributed by atoms with van der Waals surface area (Å²) in [4.78, 5) is 0. The van der Waals surface area contributed by atoms with Gasteiger partial charge in [0.2, 0.25) is 6.79 Å². The van der Waals surface area contributed by atoms with E-state index in [1.807, 2.05) is 42.5 Å². The molecule has 0 spiro atoms. The Morgan fingerprint density at radius 1 is 1.10 bits per heavy atom. The molecule has 0 unspecified atom stereocenters. The van der Waals surface area contributed by atoms with E-state index in [0.717, 1.165) is 27.8 Å². The summed E-state index contributed by atoms with van der Waals surface area (Å²) in [5.41, 5.74) is 1.96. The van der Waals surface area contributed by atoms with E-state index in [9.17, 15) is 0 Å². The first-order valence-corrected chi connectivity index (χ1v) is 7.18. The second kappa shape index (κ2) is 6.20. The van der Waals surface area contributed by atoms with Gasteiger partial charge >= 0.3 is 0 Å². The average molecular weight is 321 g/mol. The van der Waals surface area contributed by atoms with E-state index in [4.69, 9.17) is 33.3 Å². The molecule has 0 fully saturated rings. The molecule has 0 saturated carbocycles. The molecule has 1 aliphatic rings. The van der Waals surface area contributed by atoms with Crippen LogP contribution in [-0.2, 0) is 6.54 Å². The fourth-order valence-electron chi connectivity index (χ4n) is 1.93. The molecule has 21 heavy (non-hydrogen) atoms. The van der Waals surface area contributed by atoms with Crippen molar-refractivity contribution in [1.29, 1.82) is 0 Å². The molecule has 0 radical (unpaired) electrons. The number of benzene rings is 2. The van der Waals surface area contributed by atoms with Crippen molar-refractivity contribution in [3.63, 3.8) is 0 Å². The average Bonchev–Trinajstić information content (AvgIpc) is 2.94. The third-order valence-electron chi connectivity index (χ3n) is 3.00. The van der Waals surface area contributed by atoms with Crippen molar-refractivity contribution in [2.75, 3.05) is 12.1 Å². The summed E-state index contributed by atoms with van der Waals surface area (Å²) in [6.45, 7) is 0.894. The number of nitrogens with one attached hydrogen (secondary N) is 2. The van der Waals surface area contributed by atoms with E-state index in [1.54, 1.807) is 0 Å². The molecular formula is C15H13ClN2O2S. The van der Waals surface area contributed by atoms with Crippen LogP contribution in [0.3, 0.4) is 0 Å². The van der Waals surface area contributed by atoms with Gasteiger partial charge in [-0.25, -0.2) is 0 Å². The minimum Gasteiger partial charge on any atom is -0.454 e. The first-order chi connectivity index (χ1) is 10.2. The third-order valence-corrected chi connectivity index (χ3v) is 3.50. The third kappa shape index (κ3) is 3.56. The molecule has 1 heterocycles. The van der Waals surface area contributed by atoms with Crippen LogP contribution in [0, 0.1) is 0 Å². The first-order valence-electron chi connectivity index (χ1n) is 6.40. The summed E-state index contributed by atoms with van der Waals surface area (Å²) in [6.07, 6.45) is 0. The Labute approximate surface area is 133 Å². The van der Waals surface area contributed by atoms with Crippen LogP contribution in [0.4, 0.5) is 5.69 Å². The Balaban J connectivity index is 1.55. The molecule has 0 aromatic heterocycles. The molecule has 0 atom stereocenters. The predicted molar refractivity (Wildman–Crippen MR) is 87.1 cm³/mol. The summed E-state index contributed by atoms with van der Waals surface area (Å²) in [5.74, 6) is 1.47. The van der Waals surface area contributed by atoms with E-state index >= 15 is 0 Å². The number of thiocarbonyl (C=S) groups is 1. The summed E-state index contributed by atoms with van der Waals surface area (Å²) in [7, 11) is 0. The fourth-order valence-corrected chi connectivity index (χ4v) is 2.25. The summed E-state index contributed by atoms with van der Waals surface area (Å²) >= 11 is 11.1. The maximum atomic E-state index is 5.85. The van der Waals surface area contributed by atoms with Crippen LogP contribution in [0.2, 0.25) is 5.02 Å². The number of rotatable bonds is 3. The van der Waals surface area contributed by atoms with Gasteiger partial charge in [0.25, 0.3) is 0 Å². The second-order valence-electron chi connectivity index (χ2n) is 4.50. The number of ether oxygens (including phenoxy) is 2. The predicted octanol–water partition coefficient (Wildman–Crippen LogP) is 3.56. The van der Waals surface area contributed by atoms with Gasteiger partial charge in [-0.1, -0.05) is 23.7 Å². The van der Waals surface area contributed by atoms with E-state index in [0.29, 0.717) is 11.7 Å². The number of anilines is 1. The van der Waals surface area contributed by atoms with Crippen molar-refractivity contribution in [1.82, 2.24) is 5.32 Å². The zero-order valence-electron chi connectivity index (χ0n) is 11.1. The van der Waals surface area contributed by atoms with Gasteiger partial charge in [-0.15, -0.1) is 0 Å². The molecule has 0 aliphatic carbocycles. The van der Waals surface area contributed by atoms with Crippen LogP contribution in [0.1, 0.15) is 5.56 Å². The summed E-state index contributed by atoms with van der Waals surface area (Å²) < 4.78 is 10.6. The van der Waals surface area contributed by atoms with Crippen LogP contribution in [0.15, 0.2) is 42.5 Å². The quantitative estimate of drug-likeness (QED) is 0.847. The Kier molecular flexibility index (Phi) is 4.13. The molecule has 0 saturated heterocycles. The Hall–Kier alpha value is -1.98. The number of hydrogen-bond acceptors (Lipinski definition) is 3. The van der Waals surface area contributed by atoms with Gasteiger partial charge in [0.05, 0.1) is 0 Å². The molecule has 0 amide bonds. The first kappa shape index (κ1) is 14.0. The highest BCUT2D eigenvalue weighted by atomic mass is 35.5. The standard InChI is InChI=1S/C15H13ClN2O2S/c16-11-3-1-10(2-4-11)8-17-15(21)18-12-5-6-13-14(7-12)20-9-19-13/h1-7H,8-9H2,(H2,17,18,21). The van der Waals surface area contributed by atoms with Crippen LogP contribution in [0.5, 0.6) is 11.5 Å². The van der Waals surface area contributed by atoms with Crippen molar-refractivity contribution < 1.29 is 9.47 Å². The van der Waals surface area contributed by atoms with Gasteiger partial charge in [-0.2, -0.15) is 0 Å². The zero-order valence-corrected chi connectivity index (χ0v) is 12.6. The number of fused-ring (bicyclic) bond motifs is 1. The second-order valence-corrected chi connectivity index (χ2v) is 5.35. The van der Waals surface area contributed by atoms with E-state index in [2.05, 4.69) is 10.6 Å². The highest BCUT2D eigenvalue weighted by Crippen LogP contribution is 2.34. The molecule has 108 valence electrons. The van der Waals surface area contributed by atoms with Crippen molar-refractivity contribution in [2.24, 2.45) is 0 Å². The Morgan fingerprint density at radius 2 is 1.86 bits per heavy atom. The highest BCUT2D eigenvalue weighted by molar-refractivity contribution is 7.80. The minimum atomic E-state index is 0.262. The van der Waals surface area contributed by atoms with Crippen molar-refractivity contribution in [2.45, 2.75) is 6.54 Å². The molecule has 2 aromatic rings. The normalized spacial score (nSPS) is 12.0. The van der Waals surface area contributed by atoms with Gasteiger partial charge in [0.1, 0.15) is 0 Å².